The van der Waals surface area contributed by atoms with E-state index in [1.807, 2.05) is 49.4 Å². The number of halogens is 1. The molecule has 0 spiro atoms. The highest BCUT2D eigenvalue weighted by Gasteiger charge is 2.30. The van der Waals surface area contributed by atoms with Gasteiger partial charge < -0.3 is 5.32 Å². The van der Waals surface area contributed by atoms with E-state index in [0.29, 0.717) is 10.8 Å². The van der Waals surface area contributed by atoms with Gasteiger partial charge in [0.1, 0.15) is 6.54 Å². The fourth-order valence-electron chi connectivity index (χ4n) is 4.11. The standard InChI is InChI=1S/C25H23ClN4O2/c1-16(21-8-4-6-17-5-2-3-7-22(17)21)27-23(31)15-29-25(32)30(20-13-14-20)24(28-29)18-9-11-19(26)12-10-18/h2-12,16,20H,13-15H2,1H3,(H,27,31)/t16-/m1/s1. The van der Waals surface area contributed by atoms with Crippen LogP contribution in [0.2, 0.25) is 5.02 Å². The van der Waals surface area contributed by atoms with Crippen molar-refractivity contribution in [2.24, 2.45) is 0 Å². The second-order valence-electron chi connectivity index (χ2n) is 8.23. The predicted molar refractivity (Wildman–Crippen MR) is 126 cm³/mol. The van der Waals surface area contributed by atoms with E-state index in [0.717, 1.165) is 34.7 Å². The molecule has 5 rings (SSSR count). The molecule has 1 heterocycles. The van der Waals surface area contributed by atoms with Gasteiger partial charge in [0.25, 0.3) is 0 Å². The van der Waals surface area contributed by atoms with E-state index in [1.165, 1.54) is 4.68 Å². The van der Waals surface area contributed by atoms with Gasteiger partial charge in [-0.2, -0.15) is 0 Å². The van der Waals surface area contributed by atoms with Crippen molar-refractivity contribution < 1.29 is 4.79 Å². The first-order valence-electron chi connectivity index (χ1n) is 10.7. The molecule has 162 valence electrons. The molecule has 0 radical (unpaired) electrons. The summed E-state index contributed by atoms with van der Waals surface area (Å²) in [4.78, 5) is 25.9. The quantitative estimate of drug-likeness (QED) is 0.465. The average Bonchev–Trinajstić information content (AvgIpc) is 3.58. The number of carbonyl (C=O) groups is 1. The molecule has 0 aliphatic heterocycles. The number of aromatic nitrogens is 3. The molecule has 0 bridgehead atoms. The molecule has 1 N–H and O–H groups in total. The molecule has 3 aromatic carbocycles. The van der Waals surface area contributed by atoms with Crippen LogP contribution in [0.5, 0.6) is 0 Å². The molecule has 1 atom stereocenters. The Labute approximate surface area is 190 Å². The van der Waals surface area contributed by atoms with Crippen LogP contribution in [0.1, 0.15) is 37.4 Å². The molecular formula is C25H23ClN4O2. The molecule has 1 aliphatic carbocycles. The number of rotatable bonds is 6. The second-order valence-corrected chi connectivity index (χ2v) is 8.67. The van der Waals surface area contributed by atoms with Gasteiger partial charge in [-0.05, 0) is 60.4 Å². The van der Waals surface area contributed by atoms with Gasteiger partial charge in [-0.25, -0.2) is 9.48 Å². The first kappa shape index (κ1) is 20.5. The Bertz CT molecular complexity index is 1350. The summed E-state index contributed by atoms with van der Waals surface area (Å²) < 4.78 is 2.96. The summed E-state index contributed by atoms with van der Waals surface area (Å²) in [7, 11) is 0. The van der Waals surface area contributed by atoms with Gasteiger partial charge in [-0.3, -0.25) is 9.36 Å². The molecule has 32 heavy (non-hydrogen) atoms. The fraction of sp³-hybridized carbons (Fsp3) is 0.240. The predicted octanol–water partition coefficient (Wildman–Crippen LogP) is 4.73. The van der Waals surface area contributed by atoms with Crippen LogP contribution in [0.25, 0.3) is 22.2 Å². The normalized spacial score (nSPS) is 14.4. The highest BCUT2D eigenvalue weighted by atomic mass is 35.5. The van der Waals surface area contributed by atoms with Crippen LogP contribution >= 0.6 is 11.6 Å². The lowest BCUT2D eigenvalue weighted by atomic mass is 10.00. The molecule has 1 saturated carbocycles. The lowest BCUT2D eigenvalue weighted by molar-refractivity contribution is -0.122. The number of hydrogen-bond donors (Lipinski definition) is 1. The minimum absolute atomic E-state index is 0.131. The van der Waals surface area contributed by atoms with Gasteiger partial charge in [-0.15, -0.1) is 5.10 Å². The van der Waals surface area contributed by atoms with E-state index in [-0.39, 0.29) is 30.2 Å². The Kier molecular flexibility index (Phi) is 5.31. The Balaban J connectivity index is 1.39. The van der Waals surface area contributed by atoms with Crippen molar-refractivity contribution >= 4 is 28.3 Å². The highest BCUT2D eigenvalue weighted by molar-refractivity contribution is 6.30. The summed E-state index contributed by atoms with van der Waals surface area (Å²) >= 11 is 6.01. The van der Waals surface area contributed by atoms with E-state index in [2.05, 4.69) is 22.5 Å². The molecule has 1 aliphatic rings. The molecule has 7 heteroatoms. The van der Waals surface area contributed by atoms with E-state index in [1.54, 1.807) is 16.7 Å². The third-order valence-electron chi connectivity index (χ3n) is 5.85. The van der Waals surface area contributed by atoms with Gasteiger partial charge >= 0.3 is 5.69 Å². The number of benzene rings is 3. The topological polar surface area (TPSA) is 68.9 Å². The van der Waals surface area contributed by atoms with E-state index < -0.39 is 0 Å². The zero-order valence-electron chi connectivity index (χ0n) is 17.7. The summed E-state index contributed by atoms with van der Waals surface area (Å²) in [6, 6.07) is 21.3. The highest BCUT2D eigenvalue weighted by Crippen LogP contribution is 2.36. The third-order valence-corrected chi connectivity index (χ3v) is 6.10. The summed E-state index contributed by atoms with van der Waals surface area (Å²) in [5.41, 5.74) is 1.58. The van der Waals surface area contributed by atoms with Crippen molar-refractivity contribution in [1.29, 1.82) is 0 Å². The van der Waals surface area contributed by atoms with Crippen LogP contribution in [0, 0.1) is 0 Å². The number of carbonyl (C=O) groups excluding carboxylic acids is 1. The average molecular weight is 447 g/mol. The first-order valence-corrected chi connectivity index (χ1v) is 11.1. The summed E-state index contributed by atoms with van der Waals surface area (Å²) in [6.07, 6.45) is 1.88. The van der Waals surface area contributed by atoms with Crippen LogP contribution in [-0.4, -0.2) is 20.3 Å². The van der Waals surface area contributed by atoms with Crippen LogP contribution in [0.4, 0.5) is 0 Å². The van der Waals surface area contributed by atoms with Crippen molar-refractivity contribution in [3.05, 3.63) is 87.8 Å². The number of fused-ring (bicyclic) bond motifs is 1. The van der Waals surface area contributed by atoms with Crippen LogP contribution < -0.4 is 11.0 Å². The first-order chi connectivity index (χ1) is 15.5. The molecule has 1 aromatic heterocycles. The summed E-state index contributed by atoms with van der Waals surface area (Å²) in [5.74, 6) is 0.319. The zero-order valence-corrected chi connectivity index (χ0v) is 18.4. The van der Waals surface area contributed by atoms with Gasteiger partial charge in [0.05, 0.1) is 6.04 Å². The zero-order chi connectivity index (χ0) is 22.2. The van der Waals surface area contributed by atoms with Crippen molar-refractivity contribution in [2.45, 2.75) is 38.4 Å². The van der Waals surface area contributed by atoms with Gasteiger partial charge in [-0.1, -0.05) is 54.1 Å². The Morgan fingerprint density at radius 3 is 2.56 bits per heavy atom. The van der Waals surface area contributed by atoms with Crippen molar-refractivity contribution in [1.82, 2.24) is 19.7 Å². The lowest BCUT2D eigenvalue weighted by Gasteiger charge is -2.16. The smallest absolute Gasteiger partial charge is 0.346 e. The van der Waals surface area contributed by atoms with Crippen molar-refractivity contribution in [3.8, 4) is 11.4 Å². The molecule has 4 aromatic rings. The third kappa shape index (κ3) is 3.94. The Hall–Kier alpha value is -3.38. The largest absolute Gasteiger partial charge is 0.348 e. The van der Waals surface area contributed by atoms with Crippen molar-refractivity contribution in [2.75, 3.05) is 0 Å². The summed E-state index contributed by atoms with van der Waals surface area (Å²) in [5, 5.41) is 10.4. The monoisotopic (exact) mass is 446 g/mol. The van der Waals surface area contributed by atoms with Gasteiger partial charge in [0.15, 0.2) is 5.82 Å². The number of nitrogens with one attached hydrogen (secondary N) is 1. The van der Waals surface area contributed by atoms with Crippen LogP contribution in [-0.2, 0) is 11.3 Å². The molecule has 1 fully saturated rings. The molecule has 0 saturated heterocycles. The fourth-order valence-corrected chi connectivity index (χ4v) is 4.24. The van der Waals surface area contributed by atoms with Crippen LogP contribution in [0.15, 0.2) is 71.5 Å². The number of amides is 1. The van der Waals surface area contributed by atoms with Crippen LogP contribution in [0.3, 0.4) is 0 Å². The molecular weight excluding hydrogens is 424 g/mol. The molecule has 0 unspecified atom stereocenters. The minimum Gasteiger partial charge on any atom is -0.348 e. The van der Waals surface area contributed by atoms with Gasteiger partial charge in [0.2, 0.25) is 5.91 Å². The number of hydrogen-bond acceptors (Lipinski definition) is 3. The van der Waals surface area contributed by atoms with E-state index >= 15 is 0 Å². The lowest BCUT2D eigenvalue weighted by Crippen LogP contribution is -2.35. The van der Waals surface area contributed by atoms with E-state index in [4.69, 9.17) is 11.6 Å². The maximum atomic E-state index is 13.0. The SMILES string of the molecule is C[C@@H](NC(=O)Cn1nc(-c2ccc(Cl)cc2)n(C2CC2)c1=O)c1cccc2ccccc12. The Morgan fingerprint density at radius 2 is 1.81 bits per heavy atom. The number of nitrogens with zero attached hydrogens (tertiary/aromatic N) is 3. The van der Waals surface area contributed by atoms with Crippen molar-refractivity contribution in [3.63, 3.8) is 0 Å². The van der Waals surface area contributed by atoms with E-state index in [9.17, 15) is 9.59 Å². The Morgan fingerprint density at radius 1 is 1.09 bits per heavy atom. The summed E-state index contributed by atoms with van der Waals surface area (Å²) in [6.45, 7) is 1.82. The minimum atomic E-state index is -0.259. The second kappa shape index (κ2) is 8.28. The maximum absolute atomic E-state index is 13.0. The maximum Gasteiger partial charge on any atom is 0.346 e. The molecule has 6 nitrogen and oxygen atoms in total. The van der Waals surface area contributed by atoms with Gasteiger partial charge in [0, 0.05) is 16.6 Å². The molecule has 1 amide bonds.